The topological polar surface area (TPSA) is 12.0 Å². The highest BCUT2D eigenvalue weighted by molar-refractivity contribution is 5.50. The number of rotatable bonds is 4. The van der Waals surface area contributed by atoms with Gasteiger partial charge in [-0.3, -0.25) is 0 Å². The van der Waals surface area contributed by atoms with E-state index in [1.807, 2.05) is 0 Å². The predicted molar refractivity (Wildman–Crippen MR) is 99.0 cm³/mol. The van der Waals surface area contributed by atoms with Gasteiger partial charge in [0.2, 0.25) is 0 Å². The smallest absolute Gasteiger partial charge is 0.0767 e. The molecule has 0 saturated carbocycles. The second-order valence-corrected chi connectivity index (χ2v) is 6.26. The van der Waals surface area contributed by atoms with E-state index in [1.165, 1.54) is 27.8 Å². The van der Waals surface area contributed by atoms with Crippen LogP contribution < -0.4 is 5.32 Å². The quantitative estimate of drug-likeness (QED) is 0.641. The first-order chi connectivity index (χ1) is 11.1. The van der Waals surface area contributed by atoms with E-state index in [2.05, 4.69) is 98.9 Å². The van der Waals surface area contributed by atoms with Crippen molar-refractivity contribution in [3.05, 3.63) is 101 Å². The molecule has 0 aliphatic heterocycles. The van der Waals surface area contributed by atoms with Crippen LogP contribution in [-0.2, 0) is 0 Å². The van der Waals surface area contributed by atoms with E-state index < -0.39 is 0 Å². The first-order valence-electron chi connectivity index (χ1n) is 8.08. The Balaban J connectivity index is 1.97. The molecule has 0 fully saturated rings. The summed E-state index contributed by atoms with van der Waals surface area (Å²) in [7, 11) is 0. The average molecular weight is 301 g/mol. The van der Waals surface area contributed by atoms with Crippen molar-refractivity contribution in [1.29, 1.82) is 0 Å². The summed E-state index contributed by atoms with van der Waals surface area (Å²) in [5.41, 5.74) is 7.54. The van der Waals surface area contributed by atoms with Crippen molar-refractivity contribution in [2.75, 3.05) is 5.32 Å². The van der Waals surface area contributed by atoms with E-state index in [-0.39, 0.29) is 6.04 Å². The van der Waals surface area contributed by atoms with Gasteiger partial charge >= 0.3 is 0 Å². The van der Waals surface area contributed by atoms with E-state index in [0.717, 1.165) is 5.69 Å². The Labute approximate surface area is 139 Å². The van der Waals surface area contributed by atoms with Crippen molar-refractivity contribution < 1.29 is 0 Å². The lowest BCUT2D eigenvalue weighted by Gasteiger charge is -2.21. The highest BCUT2D eigenvalue weighted by atomic mass is 14.9. The van der Waals surface area contributed by atoms with Crippen LogP contribution in [0.2, 0.25) is 0 Å². The van der Waals surface area contributed by atoms with Gasteiger partial charge < -0.3 is 5.32 Å². The van der Waals surface area contributed by atoms with Crippen LogP contribution in [0.15, 0.2) is 72.8 Å². The minimum atomic E-state index is 0.152. The molecule has 1 heteroatoms. The van der Waals surface area contributed by atoms with E-state index in [0.29, 0.717) is 0 Å². The molecule has 1 nitrogen and oxygen atoms in total. The molecule has 0 unspecified atom stereocenters. The highest BCUT2D eigenvalue weighted by Gasteiger charge is 2.13. The fourth-order valence-electron chi connectivity index (χ4n) is 2.69. The molecule has 0 bridgehead atoms. The van der Waals surface area contributed by atoms with Crippen LogP contribution in [-0.4, -0.2) is 0 Å². The lowest BCUT2D eigenvalue weighted by Crippen LogP contribution is -2.12. The molecule has 0 saturated heterocycles. The molecule has 0 radical (unpaired) electrons. The van der Waals surface area contributed by atoms with Crippen LogP contribution in [0.5, 0.6) is 0 Å². The molecule has 0 atom stereocenters. The fraction of sp³-hybridized carbons (Fsp3) is 0.182. The van der Waals surface area contributed by atoms with Crippen LogP contribution in [0.4, 0.5) is 5.69 Å². The molecule has 3 aromatic carbocycles. The molecule has 116 valence electrons. The summed E-state index contributed by atoms with van der Waals surface area (Å²) < 4.78 is 0. The Bertz CT molecular complexity index is 707. The maximum atomic E-state index is 3.68. The van der Waals surface area contributed by atoms with E-state index in [4.69, 9.17) is 0 Å². The average Bonchev–Trinajstić information content (AvgIpc) is 2.56. The zero-order valence-corrected chi connectivity index (χ0v) is 14.0. The van der Waals surface area contributed by atoms with Crippen molar-refractivity contribution in [1.82, 2.24) is 0 Å². The third-order valence-corrected chi connectivity index (χ3v) is 4.18. The molecule has 0 aliphatic rings. The van der Waals surface area contributed by atoms with Gasteiger partial charge in [0.05, 0.1) is 6.04 Å². The van der Waals surface area contributed by atoms with Gasteiger partial charge in [-0.2, -0.15) is 0 Å². The molecule has 3 aromatic rings. The first-order valence-corrected chi connectivity index (χ1v) is 8.08. The van der Waals surface area contributed by atoms with Gasteiger partial charge in [0.25, 0.3) is 0 Å². The summed E-state index contributed by atoms with van der Waals surface area (Å²) in [4.78, 5) is 0. The number of benzene rings is 3. The number of aryl methyl sites for hydroxylation is 3. The Morgan fingerprint density at radius 3 is 1.26 bits per heavy atom. The maximum Gasteiger partial charge on any atom is 0.0767 e. The number of hydrogen-bond donors (Lipinski definition) is 1. The molecule has 3 rings (SSSR count). The van der Waals surface area contributed by atoms with Crippen molar-refractivity contribution in [2.45, 2.75) is 26.8 Å². The van der Waals surface area contributed by atoms with Crippen molar-refractivity contribution in [3.8, 4) is 0 Å². The Hall–Kier alpha value is -2.54. The van der Waals surface area contributed by atoms with Gasteiger partial charge in [0.15, 0.2) is 0 Å². The first kappa shape index (κ1) is 15.4. The predicted octanol–water partition coefficient (Wildman–Crippen LogP) is 5.81. The van der Waals surface area contributed by atoms with Gasteiger partial charge in [0, 0.05) is 5.69 Å². The molecular formula is C22H23N. The summed E-state index contributed by atoms with van der Waals surface area (Å²) in [5, 5.41) is 3.68. The monoisotopic (exact) mass is 301 g/mol. The third kappa shape index (κ3) is 3.81. The molecule has 0 aliphatic carbocycles. The normalized spacial score (nSPS) is 10.8. The Kier molecular flexibility index (Phi) is 4.47. The van der Waals surface area contributed by atoms with Crippen LogP contribution in [0.3, 0.4) is 0 Å². The zero-order chi connectivity index (χ0) is 16.2. The number of hydrogen-bond acceptors (Lipinski definition) is 1. The molecule has 1 N–H and O–H groups in total. The SMILES string of the molecule is Cc1ccc(NC(c2ccc(C)cc2)c2ccc(C)cc2)cc1. The van der Waals surface area contributed by atoms with Crippen molar-refractivity contribution >= 4 is 5.69 Å². The number of nitrogens with one attached hydrogen (secondary N) is 1. The Morgan fingerprint density at radius 1 is 0.522 bits per heavy atom. The fourth-order valence-corrected chi connectivity index (χ4v) is 2.69. The lowest BCUT2D eigenvalue weighted by molar-refractivity contribution is 0.937. The largest absolute Gasteiger partial charge is 0.374 e. The minimum Gasteiger partial charge on any atom is -0.374 e. The molecule has 0 aromatic heterocycles. The standard InChI is InChI=1S/C22H23N/c1-16-4-10-19(11-5-16)22(20-12-6-17(2)7-13-20)23-21-14-8-18(3)9-15-21/h4-15,22-23H,1-3H3. The molecule has 0 spiro atoms. The molecule has 0 amide bonds. The maximum absolute atomic E-state index is 3.68. The second kappa shape index (κ2) is 6.70. The molecule has 0 heterocycles. The molecular weight excluding hydrogens is 278 g/mol. The van der Waals surface area contributed by atoms with Gasteiger partial charge in [-0.05, 0) is 44.0 Å². The summed E-state index contributed by atoms with van der Waals surface area (Å²) in [6, 6.07) is 26.3. The summed E-state index contributed by atoms with van der Waals surface area (Å²) in [6.07, 6.45) is 0. The number of anilines is 1. The third-order valence-electron chi connectivity index (χ3n) is 4.18. The van der Waals surface area contributed by atoms with Crippen LogP contribution in [0.25, 0.3) is 0 Å². The van der Waals surface area contributed by atoms with E-state index in [1.54, 1.807) is 0 Å². The summed E-state index contributed by atoms with van der Waals surface area (Å²) in [6.45, 7) is 6.36. The lowest BCUT2D eigenvalue weighted by atomic mass is 9.96. The zero-order valence-electron chi connectivity index (χ0n) is 14.0. The van der Waals surface area contributed by atoms with Crippen LogP contribution in [0.1, 0.15) is 33.9 Å². The Morgan fingerprint density at radius 2 is 0.870 bits per heavy atom. The van der Waals surface area contributed by atoms with Crippen molar-refractivity contribution in [3.63, 3.8) is 0 Å². The van der Waals surface area contributed by atoms with Gasteiger partial charge in [0.1, 0.15) is 0 Å². The van der Waals surface area contributed by atoms with Crippen LogP contribution in [0, 0.1) is 20.8 Å². The van der Waals surface area contributed by atoms with Crippen LogP contribution >= 0.6 is 0 Å². The molecule has 23 heavy (non-hydrogen) atoms. The summed E-state index contributed by atoms with van der Waals surface area (Å²) in [5.74, 6) is 0. The van der Waals surface area contributed by atoms with Gasteiger partial charge in [-0.15, -0.1) is 0 Å². The van der Waals surface area contributed by atoms with Crippen molar-refractivity contribution in [2.24, 2.45) is 0 Å². The minimum absolute atomic E-state index is 0.152. The van der Waals surface area contributed by atoms with Gasteiger partial charge in [-0.1, -0.05) is 77.4 Å². The van der Waals surface area contributed by atoms with Gasteiger partial charge in [-0.25, -0.2) is 0 Å². The van der Waals surface area contributed by atoms with E-state index >= 15 is 0 Å². The summed E-state index contributed by atoms with van der Waals surface area (Å²) >= 11 is 0. The second-order valence-electron chi connectivity index (χ2n) is 6.26. The highest BCUT2D eigenvalue weighted by Crippen LogP contribution is 2.27. The van der Waals surface area contributed by atoms with E-state index in [9.17, 15) is 0 Å².